The van der Waals surface area contributed by atoms with Gasteiger partial charge < -0.3 is 5.73 Å². The molecule has 0 aromatic heterocycles. The van der Waals surface area contributed by atoms with Crippen molar-refractivity contribution in [3.05, 3.63) is 0 Å². The van der Waals surface area contributed by atoms with Crippen LogP contribution in [0.4, 0.5) is 0 Å². The highest BCUT2D eigenvalue weighted by molar-refractivity contribution is 4.93. The Labute approximate surface area is 99.0 Å². The van der Waals surface area contributed by atoms with Crippen molar-refractivity contribution in [2.75, 3.05) is 26.2 Å². The van der Waals surface area contributed by atoms with Gasteiger partial charge in [-0.1, -0.05) is 12.8 Å². The van der Waals surface area contributed by atoms with Crippen LogP contribution in [0.15, 0.2) is 0 Å². The lowest BCUT2D eigenvalue weighted by atomic mass is 9.98. The Kier molecular flexibility index (Phi) is 3.18. The Morgan fingerprint density at radius 1 is 0.812 bits per heavy atom. The molecule has 2 N–H and O–H groups in total. The van der Waals surface area contributed by atoms with Crippen molar-refractivity contribution in [1.82, 2.24) is 9.80 Å². The van der Waals surface area contributed by atoms with Gasteiger partial charge in [0.25, 0.3) is 0 Å². The van der Waals surface area contributed by atoms with Crippen LogP contribution < -0.4 is 5.73 Å². The largest absolute Gasteiger partial charge is 0.326 e. The zero-order valence-electron chi connectivity index (χ0n) is 10.3. The molecule has 0 aromatic carbocycles. The number of hydrogen-bond donors (Lipinski definition) is 1. The molecule has 3 heteroatoms. The Bertz CT molecular complexity index is 243. The van der Waals surface area contributed by atoms with E-state index in [-0.39, 0.29) is 0 Å². The molecule has 92 valence electrons. The molecule has 0 radical (unpaired) electrons. The van der Waals surface area contributed by atoms with Gasteiger partial charge in [0.2, 0.25) is 0 Å². The van der Waals surface area contributed by atoms with Crippen LogP contribution in [0.3, 0.4) is 0 Å². The van der Waals surface area contributed by atoms with Crippen LogP contribution in [0, 0.1) is 0 Å². The standard InChI is InChI=1S/C13H25N3/c14-12-5-3-6-13(12)16-9-8-15-7-2-1-4-11(15)10-16/h11-13H,1-10,14H2. The predicted molar refractivity (Wildman–Crippen MR) is 66.4 cm³/mol. The minimum atomic E-state index is 0.454. The van der Waals surface area contributed by atoms with Gasteiger partial charge in [0.15, 0.2) is 0 Å². The number of rotatable bonds is 1. The molecule has 0 amide bonds. The minimum absolute atomic E-state index is 0.454. The highest BCUT2D eigenvalue weighted by Gasteiger charge is 2.35. The summed E-state index contributed by atoms with van der Waals surface area (Å²) in [5.74, 6) is 0. The van der Waals surface area contributed by atoms with Gasteiger partial charge >= 0.3 is 0 Å². The molecule has 0 bridgehead atoms. The molecule has 3 unspecified atom stereocenters. The van der Waals surface area contributed by atoms with E-state index in [9.17, 15) is 0 Å². The molecule has 0 spiro atoms. The molecule has 3 nitrogen and oxygen atoms in total. The van der Waals surface area contributed by atoms with Crippen LogP contribution >= 0.6 is 0 Å². The quantitative estimate of drug-likeness (QED) is 0.721. The number of piperazine rings is 1. The molecule has 2 heterocycles. The minimum Gasteiger partial charge on any atom is -0.326 e. The first-order valence-electron chi connectivity index (χ1n) is 7.08. The van der Waals surface area contributed by atoms with Crippen molar-refractivity contribution >= 4 is 0 Å². The fraction of sp³-hybridized carbons (Fsp3) is 1.00. The molecule has 3 atom stereocenters. The summed E-state index contributed by atoms with van der Waals surface area (Å²) in [4.78, 5) is 5.41. The smallest absolute Gasteiger partial charge is 0.0248 e. The van der Waals surface area contributed by atoms with Gasteiger partial charge in [-0.3, -0.25) is 9.80 Å². The van der Waals surface area contributed by atoms with Crippen LogP contribution in [0.5, 0.6) is 0 Å². The molecule has 1 aliphatic carbocycles. The van der Waals surface area contributed by atoms with Gasteiger partial charge in [0, 0.05) is 37.8 Å². The van der Waals surface area contributed by atoms with Crippen LogP contribution in [0.25, 0.3) is 0 Å². The molecular formula is C13H25N3. The average Bonchev–Trinajstić information content (AvgIpc) is 2.75. The van der Waals surface area contributed by atoms with Gasteiger partial charge in [-0.05, 0) is 32.2 Å². The second-order valence-corrected chi connectivity index (χ2v) is 5.84. The molecule has 2 aliphatic heterocycles. The van der Waals surface area contributed by atoms with Crippen LogP contribution in [-0.2, 0) is 0 Å². The second kappa shape index (κ2) is 4.63. The zero-order valence-corrected chi connectivity index (χ0v) is 10.3. The monoisotopic (exact) mass is 223 g/mol. The maximum Gasteiger partial charge on any atom is 0.0248 e. The maximum absolute atomic E-state index is 6.22. The lowest BCUT2D eigenvalue weighted by Crippen LogP contribution is -2.59. The molecule has 16 heavy (non-hydrogen) atoms. The van der Waals surface area contributed by atoms with Gasteiger partial charge in [0.1, 0.15) is 0 Å². The maximum atomic E-state index is 6.22. The lowest BCUT2D eigenvalue weighted by molar-refractivity contribution is 0.0254. The molecule has 0 aromatic rings. The zero-order chi connectivity index (χ0) is 11.0. The van der Waals surface area contributed by atoms with Crippen LogP contribution in [0.1, 0.15) is 38.5 Å². The van der Waals surface area contributed by atoms with Gasteiger partial charge in [-0.15, -0.1) is 0 Å². The van der Waals surface area contributed by atoms with Crippen molar-refractivity contribution in [3.8, 4) is 0 Å². The fourth-order valence-corrected chi connectivity index (χ4v) is 3.90. The van der Waals surface area contributed by atoms with Crippen molar-refractivity contribution in [2.24, 2.45) is 5.73 Å². The Balaban J connectivity index is 1.61. The molecule has 3 rings (SSSR count). The number of piperidine rings is 1. The third-order valence-electron chi connectivity index (χ3n) is 4.87. The highest BCUT2D eigenvalue weighted by Crippen LogP contribution is 2.27. The van der Waals surface area contributed by atoms with Crippen molar-refractivity contribution < 1.29 is 0 Å². The van der Waals surface area contributed by atoms with E-state index < -0.39 is 0 Å². The Morgan fingerprint density at radius 2 is 1.69 bits per heavy atom. The average molecular weight is 223 g/mol. The Hall–Kier alpha value is -0.120. The van der Waals surface area contributed by atoms with Crippen molar-refractivity contribution in [2.45, 2.75) is 56.7 Å². The molecule has 3 fully saturated rings. The van der Waals surface area contributed by atoms with Crippen molar-refractivity contribution in [1.29, 1.82) is 0 Å². The van der Waals surface area contributed by atoms with Gasteiger partial charge in [-0.2, -0.15) is 0 Å². The molecule has 3 aliphatic rings. The summed E-state index contributed by atoms with van der Waals surface area (Å²) in [6, 6.07) is 1.99. The first-order chi connectivity index (χ1) is 7.84. The van der Waals surface area contributed by atoms with Gasteiger partial charge in [-0.25, -0.2) is 0 Å². The van der Waals surface area contributed by atoms with E-state index in [0.29, 0.717) is 12.1 Å². The summed E-state index contributed by atoms with van der Waals surface area (Å²) < 4.78 is 0. The summed E-state index contributed by atoms with van der Waals surface area (Å²) in [5.41, 5.74) is 6.22. The van der Waals surface area contributed by atoms with E-state index in [1.54, 1.807) is 0 Å². The SMILES string of the molecule is NC1CCCC1N1CCN2CCCCC2C1. The summed E-state index contributed by atoms with van der Waals surface area (Å²) in [6.45, 7) is 5.18. The number of fused-ring (bicyclic) bond motifs is 1. The predicted octanol–water partition coefficient (Wildman–Crippen LogP) is 1.04. The summed E-state index contributed by atoms with van der Waals surface area (Å²) >= 11 is 0. The van der Waals surface area contributed by atoms with Crippen molar-refractivity contribution in [3.63, 3.8) is 0 Å². The van der Waals surface area contributed by atoms with Crippen LogP contribution in [0.2, 0.25) is 0 Å². The first-order valence-corrected chi connectivity index (χ1v) is 7.08. The number of nitrogens with two attached hydrogens (primary N) is 1. The normalized spacial score (nSPS) is 42.2. The summed E-state index contributed by atoms with van der Waals surface area (Å²) in [6.07, 6.45) is 8.20. The lowest BCUT2D eigenvalue weighted by Gasteiger charge is -2.46. The highest BCUT2D eigenvalue weighted by atomic mass is 15.3. The van der Waals surface area contributed by atoms with E-state index >= 15 is 0 Å². The number of nitrogens with zero attached hydrogens (tertiary/aromatic N) is 2. The molecular weight excluding hydrogens is 198 g/mol. The van der Waals surface area contributed by atoms with E-state index in [1.165, 1.54) is 64.7 Å². The second-order valence-electron chi connectivity index (χ2n) is 5.84. The molecule has 1 saturated carbocycles. The Morgan fingerprint density at radius 3 is 2.50 bits per heavy atom. The topological polar surface area (TPSA) is 32.5 Å². The summed E-state index contributed by atoms with van der Waals surface area (Å²) in [7, 11) is 0. The van der Waals surface area contributed by atoms with E-state index in [4.69, 9.17) is 5.73 Å². The fourth-order valence-electron chi connectivity index (χ4n) is 3.90. The first kappa shape index (κ1) is 11.0. The number of hydrogen-bond acceptors (Lipinski definition) is 3. The third kappa shape index (κ3) is 2.01. The molecule has 2 saturated heterocycles. The van der Waals surface area contributed by atoms with Crippen LogP contribution in [-0.4, -0.2) is 54.1 Å². The third-order valence-corrected chi connectivity index (χ3v) is 4.87. The van der Waals surface area contributed by atoms with E-state index in [2.05, 4.69) is 9.80 Å². The van der Waals surface area contributed by atoms with E-state index in [0.717, 1.165) is 6.04 Å². The summed E-state index contributed by atoms with van der Waals surface area (Å²) in [5, 5.41) is 0. The van der Waals surface area contributed by atoms with E-state index in [1.807, 2.05) is 0 Å². The van der Waals surface area contributed by atoms with Gasteiger partial charge in [0.05, 0.1) is 0 Å².